The molecule has 2 aromatic heterocycles. The van der Waals surface area contributed by atoms with Crippen LogP contribution in [0, 0.1) is 11.3 Å². The standard InChI is InChI=1S/C20H24N6O4S/c1-10-3-4-14(15-5-11(7-21)17(23)31-15)26(9-10)20(29)18(28)25-12-6-13(16(22)27)19(30-2)24-8-12/h5-8,10,14,21H,3-4,9,23H2,1-2H3,(H2,22,27)(H,25,28)/t10-,14+/m0/s1. The minimum absolute atomic E-state index is 0.00884. The molecule has 0 radical (unpaired) electrons. The fourth-order valence-corrected chi connectivity index (χ4v) is 4.62. The molecule has 2 aromatic rings. The summed E-state index contributed by atoms with van der Waals surface area (Å²) in [6, 6.07) is 2.80. The number of pyridine rings is 1. The third kappa shape index (κ3) is 4.66. The number of carbonyl (C=O) groups excluding carboxylic acids is 3. The van der Waals surface area contributed by atoms with Crippen molar-refractivity contribution in [1.29, 1.82) is 5.41 Å². The molecule has 1 fully saturated rings. The van der Waals surface area contributed by atoms with Crippen molar-refractivity contribution in [2.45, 2.75) is 25.8 Å². The maximum atomic E-state index is 13.0. The van der Waals surface area contributed by atoms with E-state index in [-0.39, 0.29) is 29.1 Å². The number of nitrogens with zero attached hydrogens (tertiary/aromatic N) is 2. The van der Waals surface area contributed by atoms with Crippen LogP contribution in [-0.2, 0) is 9.59 Å². The number of amides is 3. The number of methoxy groups -OCH3 is 1. The molecule has 3 rings (SSSR count). The average Bonchev–Trinajstić information content (AvgIpc) is 3.13. The van der Waals surface area contributed by atoms with E-state index in [0.717, 1.165) is 11.3 Å². The molecule has 2 atom stereocenters. The van der Waals surface area contributed by atoms with Crippen LogP contribution in [0.15, 0.2) is 18.3 Å². The second-order valence-electron chi connectivity index (χ2n) is 7.37. The number of hydrogen-bond acceptors (Lipinski definition) is 8. The van der Waals surface area contributed by atoms with Crippen molar-refractivity contribution in [1.82, 2.24) is 9.88 Å². The van der Waals surface area contributed by atoms with Crippen LogP contribution in [0.3, 0.4) is 0 Å². The second kappa shape index (κ2) is 9.13. The summed E-state index contributed by atoms with van der Waals surface area (Å²) in [5.41, 5.74) is 12.0. The third-order valence-corrected chi connectivity index (χ3v) is 6.22. The molecular formula is C20H24N6O4S. The van der Waals surface area contributed by atoms with Gasteiger partial charge >= 0.3 is 11.8 Å². The number of aromatic nitrogens is 1. The predicted octanol–water partition coefficient (Wildman–Crippen LogP) is 1.77. The number of nitrogen functional groups attached to an aromatic ring is 1. The Morgan fingerprint density at radius 1 is 1.35 bits per heavy atom. The van der Waals surface area contributed by atoms with E-state index in [1.54, 1.807) is 6.07 Å². The number of thiophene rings is 1. The summed E-state index contributed by atoms with van der Waals surface area (Å²) in [6.07, 6.45) is 4.04. The van der Waals surface area contributed by atoms with Gasteiger partial charge in [0, 0.05) is 23.2 Å². The fraction of sp³-hybridized carbons (Fsp3) is 0.350. The number of primary amides is 1. The van der Waals surface area contributed by atoms with Crippen LogP contribution < -0.4 is 21.5 Å². The van der Waals surface area contributed by atoms with Crippen LogP contribution in [0.1, 0.15) is 46.6 Å². The van der Waals surface area contributed by atoms with Gasteiger partial charge in [0.1, 0.15) is 5.56 Å². The molecule has 6 N–H and O–H groups in total. The number of nitrogens with one attached hydrogen (secondary N) is 2. The summed E-state index contributed by atoms with van der Waals surface area (Å²) in [4.78, 5) is 43.7. The summed E-state index contributed by atoms with van der Waals surface area (Å²) >= 11 is 1.32. The molecule has 3 amide bonds. The van der Waals surface area contributed by atoms with E-state index < -0.39 is 17.7 Å². The van der Waals surface area contributed by atoms with Gasteiger partial charge in [0.15, 0.2) is 0 Å². The number of hydrogen-bond donors (Lipinski definition) is 4. The number of ether oxygens (including phenoxy) is 1. The normalized spacial score (nSPS) is 18.3. The molecule has 0 saturated carbocycles. The van der Waals surface area contributed by atoms with E-state index in [1.807, 2.05) is 6.92 Å². The lowest BCUT2D eigenvalue weighted by molar-refractivity contribution is -0.146. The number of carbonyl (C=O) groups is 3. The quantitative estimate of drug-likeness (QED) is 0.405. The first-order valence-corrected chi connectivity index (χ1v) is 10.4. The Morgan fingerprint density at radius 3 is 2.71 bits per heavy atom. The Balaban J connectivity index is 1.83. The van der Waals surface area contributed by atoms with Gasteiger partial charge in [-0.15, -0.1) is 11.3 Å². The largest absolute Gasteiger partial charge is 0.480 e. The Kier molecular flexibility index (Phi) is 6.54. The van der Waals surface area contributed by atoms with Gasteiger partial charge in [-0.05, 0) is 30.9 Å². The first kappa shape index (κ1) is 22.2. The van der Waals surface area contributed by atoms with Crippen molar-refractivity contribution in [3.63, 3.8) is 0 Å². The lowest BCUT2D eigenvalue weighted by Gasteiger charge is -2.37. The van der Waals surface area contributed by atoms with Crippen molar-refractivity contribution < 1.29 is 19.1 Å². The van der Waals surface area contributed by atoms with Gasteiger partial charge in [0.2, 0.25) is 5.88 Å². The summed E-state index contributed by atoms with van der Waals surface area (Å²) in [5.74, 6) is -2.06. The highest BCUT2D eigenvalue weighted by atomic mass is 32.1. The van der Waals surface area contributed by atoms with Crippen LogP contribution in [0.25, 0.3) is 0 Å². The Bertz CT molecular complexity index is 1040. The zero-order chi connectivity index (χ0) is 22.7. The van der Waals surface area contributed by atoms with E-state index >= 15 is 0 Å². The van der Waals surface area contributed by atoms with Gasteiger partial charge in [0.05, 0.1) is 30.0 Å². The lowest BCUT2D eigenvalue weighted by atomic mass is 9.93. The SMILES string of the molecule is COc1ncc(NC(=O)C(=O)N2C[C@@H](C)CC[C@@H]2c2cc(C=N)c(N)s2)cc1C(N)=O. The molecule has 164 valence electrons. The van der Waals surface area contributed by atoms with Crippen LogP contribution in [0.5, 0.6) is 5.88 Å². The first-order chi connectivity index (χ1) is 14.7. The number of rotatable bonds is 5. The van der Waals surface area contributed by atoms with Gasteiger partial charge in [-0.1, -0.05) is 6.92 Å². The van der Waals surface area contributed by atoms with E-state index in [9.17, 15) is 14.4 Å². The Morgan fingerprint density at radius 2 is 2.10 bits per heavy atom. The van der Waals surface area contributed by atoms with Gasteiger partial charge < -0.3 is 31.8 Å². The highest BCUT2D eigenvalue weighted by Crippen LogP contribution is 2.39. The van der Waals surface area contributed by atoms with E-state index in [2.05, 4.69) is 10.3 Å². The Hall–Kier alpha value is -3.47. The molecule has 11 heteroatoms. The summed E-state index contributed by atoms with van der Waals surface area (Å²) < 4.78 is 4.98. The van der Waals surface area contributed by atoms with Gasteiger partial charge in [-0.2, -0.15) is 0 Å². The molecule has 0 spiro atoms. The highest BCUT2D eigenvalue weighted by Gasteiger charge is 2.35. The number of anilines is 2. The maximum Gasteiger partial charge on any atom is 0.313 e. The smallest absolute Gasteiger partial charge is 0.313 e. The predicted molar refractivity (Wildman–Crippen MR) is 117 cm³/mol. The zero-order valence-electron chi connectivity index (χ0n) is 17.2. The lowest BCUT2D eigenvalue weighted by Crippen LogP contribution is -2.46. The monoisotopic (exact) mass is 444 g/mol. The van der Waals surface area contributed by atoms with Gasteiger partial charge in [0.25, 0.3) is 5.91 Å². The molecule has 0 aliphatic carbocycles. The van der Waals surface area contributed by atoms with Gasteiger partial charge in [-0.3, -0.25) is 14.4 Å². The Labute approximate surface area is 183 Å². The van der Waals surface area contributed by atoms with E-state index in [4.69, 9.17) is 21.6 Å². The minimum Gasteiger partial charge on any atom is -0.480 e. The van der Waals surface area contributed by atoms with Crippen LogP contribution in [-0.4, -0.2) is 47.5 Å². The van der Waals surface area contributed by atoms with Crippen LogP contribution in [0.2, 0.25) is 0 Å². The first-order valence-electron chi connectivity index (χ1n) is 9.60. The fourth-order valence-electron chi connectivity index (χ4n) is 3.56. The minimum atomic E-state index is -0.849. The van der Waals surface area contributed by atoms with E-state index in [1.165, 1.54) is 41.8 Å². The third-order valence-electron chi connectivity index (χ3n) is 5.13. The van der Waals surface area contributed by atoms with Crippen molar-refractivity contribution in [3.05, 3.63) is 34.3 Å². The van der Waals surface area contributed by atoms with Crippen molar-refractivity contribution in [2.75, 3.05) is 24.7 Å². The van der Waals surface area contributed by atoms with Gasteiger partial charge in [-0.25, -0.2) is 4.98 Å². The molecule has 3 heterocycles. The number of nitrogens with two attached hydrogens (primary N) is 2. The topological polar surface area (TPSA) is 164 Å². The van der Waals surface area contributed by atoms with Crippen LogP contribution >= 0.6 is 11.3 Å². The number of likely N-dealkylation sites (tertiary alicyclic amines) is 1. The maximum absolute atomic E-state index is 13.0. The molecule has 0 aromatic carbocycles. The molecular weight excluding hydrogens is 420 g/mol. The summed E-state index contributed by atoms with van der Waals surface area (Å²) in [6.45, 7) is 2.44. The van der Waals surface area contributed by atoms with Crippen LogP contribution in [0.4, 0.5) is 10.7 Å². The highest BCUT2D eigenvalue weighted by molar-refractivity contribution is 7.16. The zero-order valence-corrected chi connectivity index (χ0v) is 18.0. The summed E-state index contributed by atoms with van der Waals surface area (Å²) in [7, 11) is 1.34. The molecule has 31 heavy (non-hydrogen) atoms. The number of piperidine rings is 1. The molecule has 1 saturated heterocycles. The summed E-state index contributed by atoms with van der Waals surface area (Å²) in [5, 5.41) is 10.4. The van der Waals surface area contributed by atoms with Crippen molar-refractivity contribution in [3.8, 4) is 5.88 Å². The average molecular weight is 445 g/mol. The van der Waals surface area contributed by atoms with Crippen molar-refractivity contribution >= 4 is 46.0 Å². The molecule has 10 nitrogen and oxygen atoms in total. The molecule has 1 aliphatic heterocycles. The van der Waals surface area contributed by atoms with E-state index in [0.29, 0.717) is 23.5 Å². The molecule has 0 bridgehead atoms. The second-order valence-corrected chi connectivity index (χ2v) is 8.48. The molecule has 0 unspecified atom stereocenters. The van der Waals surface area contributed by atoms with Crippen molar-refractivity contribution in [2.24, 2.45) is 11.7 Å². The molecule has 1 aliphatic rings.